The fraction of sp³-hybridized carbons (Fsp3) is 0.333. The van der Waals surface area contributed by atoms with Crippen LogP contribution in [0.3, 0.4) is 0 Å². The van der Waals surface area contributed by atoms with Crippen molar-refractivity contribution in [3.8, 4) is 0 Å². The summed E-state index contributed by atoms with van der Waals surface area (Å²) in [6.45, 7) is 0. The molecular formula is C12H13BrClN2O3P. The molecule has 0 aliphatic rings. The smallest absolute Gasteiger partial charge is 0.312 e. The summed E-state index contributed by atoms with van der Waals surface area (Å²) in [4.78, 5) is 8.97. The summed E-state index contributed by atoms with van der Waals surface area (Å²) in [5.74, 6) is 0. The molecule has 0 amide bonds. The summed E-state index contributed by atoms with van der Waals surface area (Å²) in [6.07, 6.45) is 0.0759. The molecule has 0 fully saturated rings. The van der Waals surface area contributed by atoms with Gasteiger partial charge in [0.25, 0.3) is 0 Å². The highest BCUT2D eigenvalue weighted by Gasteiger charge is 2.25. The first-order valence-corrected chi connectivity index (χ1v) is 8.95. The summed E-state index contributed by atoms with van der Waals surface area (Å²) in [5, 5.41) is 1.09. The molecule has 0 aliphatic heterocycles. The number of alkyl halides is 1. The molecule has 2 rings (SSSR count). The molecule has 0 N–H and O–H groups in total. The number of benzene rings is 1. The van der Waals surface area contributed by atoms with Gasteiger partial charge < -0.3 is 9.05 Å². The summed E-state index contributed by atoms with van der Waals surface area (Å²) in [5.41, 5.74) is 2.66. The van der Waals surface area contributed by atoms with E-state index >= 15 is 0 Å². The van der Waals surface area contributed by atoms with Gasteiger partial charge in [0.05, 0.1) is 28.6 Å². The van der Waals surface area contributed by atoms with Crippen molar-refractivity contribution >= 4 is 46.2 Å². The van der Waals surface area contributed by atoms with Gasteiger partial charge in [-0.25, -0.2) is 9.97 Å². The van der Waals surface area contributed by atoms with E-state index in [4.69, 9.17) is 20.6 Å². The van der Waals surface area contributed by atoms with Gasteiger partial charge in [-0.15, -0.1) is 0 Å². The molecule has 0 saturated carbocycles. The highest BCUT2D eigenvalue weighted by atomic mass is 79.9. The quantitative estimate of drug-likeness (QED) is 0.576. The van der Waals surface area contributed by atoms with E-state index < -0.39 is 7.60 Å². The zero-order chi connectivity index (χ0) is 14.8. The SMILES string of the molecule is COP(=O)(Cc1nc2ccc(Cl)cc2nc1CBr)OC. The highest BCUT2D eigenvalue weighted by molar-refractivity contribution is 9.08. The fourth-order valence-corrected chi connectivity index (χ4v) is 3.36. The minimum atomic E-state index is -3.18. The molecule has 0 saturated heterocycles. The van der Waals surface area contributed by atoms with Crippen LogP contribution in [-0.4, -0.2) is 24.2 Å². The van der Waals surface area contributed by atoms with Gasteiger partial charge in [0, 0.05) is 24.6 Å². The molecule has 0 aliphatic carbocycles. The van der Waals surface area contributed by atoms with Crippen LogP contribution >= 0.6 is 35.1 Å². The molecular weight excluding hydrogens is 366 g/mol. The van der Waals surface area contributed by atoms with E-state index in [-0.39, 0.29) is 6.16 Å². The molecule has 8 heteroatoms. The third-order valence-corrected chi connectivity index (χ3v) is 5.37. The third kappa shape index (κ3) is 3.38. The van der Waals surface area contributed by atoms with Crippen LogP contribution in [0.25, 0.3) is 11.0 Å². The minimum Gasteiger partial charge on any atom is -0.312 e. The maximum Gasteiger partial charge on any atom is 0.336 e. The first-order valence-electron chi connectivity index (χ1n) is 5.73. The van der Waals surface area contributed by atoms with Crippen molar-refractivity contribution in [1.29, 1.82) is 0 Å². The van der Waals surface area contributed by atoms with Gasteiger partial charge in [-0.1, -0.05) is 27.5 Å². The van der Waals surface area contributed by atoms with E-state index in [9.17, 15) is 4.57 Å². The average molecular weight is 380 g/mol. The molecule has 0 bridgehead atoms. The second-order valence-corrected chi connectivity index (χ2v) is 7.28. The number of rotatable bonds is 5. The molecule has 1 heterocycles. The van der Waals surface area contributed by atoms with E-state index in [2.05, 4.69) is 25.9 Å². The lowest BCUT2D eigenvalue weighted by atomic mass is 10.2. The molecule has 2 aromatic rings. The molecule has 108 valence electrons. The lowest BCUT2D eigenvalue weighted by Crippen LogP contribution is -2.03. The zero-order valence-corrected chi connectivity index (χ0v) is 14.2. The summed E-state index contributed by atoms with van der Waals surface area (Å²) >= 11 is 9.30. The molecule has 20 heavy (non-hydrogen) atoms. The van der Waals surface area contributed by atoms with Crippen LogP contribution in [0.2, 0.25) is 5.02 Å². The van der Waals surface area contributed by atoms with Crippen LogP contribution in [0.15, 0.2) is 18.2 Å². The number of hydrogen-bond acceptors (Lipinski definition) is 5. The summed E-state index contributed by atoms with van der Waals surface area (Å²) in [6, 6.07) is 5.26. The van der Waals surface area contributed by atoms with E-state index in [1.165, 1.54) is 14.2 Å². The van der Waals surface area contributed by atoms with Crippen LogP contribution in [0, 0.1) is 0 Å². The number of aromatic nitrogens is 2. The lowest BCUT2D eigenvalue weighted by molar-refractivity contribution is 0.274. The first-order chi connectivity index (χ1) is 9.51. The number of hydrogen-bond donors (Lipinski definition) is 0. The minimum absolute atomic E-state index is 0.0759. The van der Waals surface area contributed by atoms with Crippen LogP contribution in [0.4, 0.5) is 0 Å². The van der Waals surface area contributed by atoms with Gasteiger partial charge in [0.1, 0.15) is 0 Å². The van der Waals surface area contributed by atoms with Gasteiger partial charge in [-0.3, -0.25) is 4.57 Å². The Morgan fingerprint density at radius 2 is 1.85 bits per heavy atom. The Morgan fingerprint density at radius 3 is 2.45 bits per heavy atom. The molecule has 1 aromatic heterocycles. The fourth-order valence-electron chi connectivity index (χ4n) is 1.72. The number of nitrogens with zero attached hydrogens (tertiary/aromatic N) is 2. The summed E-state index contributed by atoms with van der Waals surface area (Å²) in [7, 11) is -0.473. The van der Waals surface area contributed by atoms with Crippen molar-refractivity contribution in [1.82, 2.24) is 9.97 Å². The Balaban J connectivity index is 2.52. The lowest BCUT2D eigenvalue weighted by Gasteiger charge is -2.15. The van der Waals surface area contributed by atoms with E-state index in [0.29, 0.717) is 32.8 Å². The van der Waals surface area contributed by atoms with Gasteiger partial charge >= 0.3 is 7.60 Å². The van der Waals surface area contributed by atoms with Crippen LogP contribution < -0.4 is 0 Å². The van der Waals surface area contributed by atoms with Crippen molar-refractivity contribution in [2.45, 2.75) is 11.5 Å². The Hall–Kier alpha value is -0.520. The molecule has 0 spiro atoms. The molecule has 0 unspecified atom stereocenters. The van der Waals surface area contributed by atoms with E-state index in [1.807, 2.05) is 0 Å². The number of fused-ring (bicyclic) bond motifs is 1. The third-order valence-electron chi connectivity index (χ3n) is 2.81. The zero-order valence-electron chi connectivity index (χ0n) is 11.0. The standard InChI is InChI=1S/C12H13BrClN2O3P/c1-18-20(17,19-2)7-12-11(6-13)16-10-5-8(14)3-4-9(10)15-12/h3-5H,6-7H2,1-2H3. The van der Waals surface area contributed by atoms with Gasteiger partial charge in [0.2, 0.25) is 0 Å². The number of halogens is 2. The monoisotopic (exact) mass is 378 g/mol. The second kappa shape index (κ2) is 6.50. The van der Waals surface area contributed by atoms with Gasteiger partial charge in [-0.2, -0.15) is 0 Å². The Morgan fingerprint density at radius 1 is 1.20 bits per heavy atom. The predicted octanol–water partition coefficient (Wildman–Crippen LogP) is 4.16. The van der Waals surface area contributed by atoms with Crippen molar-refractivity contribution in [2.75, 3.05) is 14.2 Å². The molecule has 0 radical (unpaired) electrons. The van der Waals surface area contributed by atoms with Crippen molar-refractivity contribution in [3.63, 3.8) is 0 Å². The Kier molecular flexibility index (Phi) is 5.15. The normalized spacial score (nSPS) is 12.0. The Bertz CT molecular complexity index is 675. The van der Waals surface area contributed by atoms with Crippen molar-refractivity contribution < 1.29 is 13.6 Å². The molecule has 1 aromatic carbocycles. The van der Waals surface area contributed by atoms with Gasteiger partial charge in [-0.05, 0) is 18.2 Å². The molecule has 0 atom stereocenters. The van der Waals surface area contributed by atoms with E-state index in [1.54, 1.807) is 18.2 Å². The largest absolute Gasteiger partial charge is 0.336 e. The maximum absolute atomic E-state index is 12.2. The van der Waals surface area contributed by atoms with Crippen LogP contribution in [0.1, 0.15) is 11.4 Å². The topological polar surface area (TPSA) is 61.3 Å². The maximum atomic E-state index is 12.2. The van der Waals surface area contributed by atoms with Crippen LogP contribution in [-0.2, 0) is 25.1 Å². The van der Waals surface area contributed by atoms with E-state index in [0.717, 1.165) is 0 Å². The Labute approximate surface area is 130 Å². The highest BCUT2D eigenvalue weighted by Crippen LogP contribution is 2.49. The van der Waals surface area contributed by atoms with Crippen LogP contribution in [0.5, 0.6) is 0 Å². The van der Waals surface area contributed by atoms with Crippen molar-refractivity contribution in [2.24, 2.45) is 0 Å². The second-order valence-electron chi connectivity index (χ2n) is 4.02. The average Bonchev–Trinajstić information content (AvgIpc) is 2.46. The predicted molar refractivity (Wildman–Crippen MR) is 82.5 cm³/mol. The van der Waals surface area contributed by atoms with Gasteiger partial charge in [0.15, 0.2) is 0 Å². The first kappa shape index (κ1) is 15.9. The molecule has 5 nitrogen and oxygen atoms in total. The van der Waals surface area contributed by atoms with Crippen molar-refractivity contribution in [3.05, 3.63) is 34.6 Å². The summed E-state index contributed by atoms with van der Waals surface area (Å²) < 4.78 is 22.1.